The van der Waals surface area contributed by atoms with E-state index in [2.05, 4.69) is 5.32 Å². The Morgan fingerprint density at radius 1 is 1.15 bits per heavy atom. The molecule has 3 aliphatic heterocycles. The van der Waals surface area contributed by atoms with Crippen molar-refractivity contribution >= 4 is 23.6 Å². The van der Waals surface area contributed by atoms with Crippen molar-refractivity contribution in [2.45, 2.75) is 25.8 Å². The zero-order chi connectivity index (χ0) is 14.1. The Bertz CT molecular complexity index is 390. The number of carbonyl (C=O) groups is 2. The fourth-order valence-electron chi connectivity index (χ4n) is 3.61. The van der Waals surface area contributed by atoms with Gasteiger partial charge in [-0.05, 0) is 37.8 Å². The van der Waals surface area contributed by atoms with Gasteiger partial charge < -0.3 is 15.1 Å². The second-order valence-corrected chi connectivity index (χ2v) is 7.09. The van der Waals surface area contributed by atoms with Crippen LogP contribution in [-0.2, 0) is 9.59 Å². The maximum Gasteiger partial charge on any atom is 0.246 e. The van der Waals surface area contributed by atoms with Gasteiger partial charge in [0, 0.05) is 25.8 Å². The molecule has 5 nitrogen and oxygen atoms in total. The Kier molecular flexibility index (Phi) is 4.21. The van der Waals surface area contributed by atoms with Crippen LogP contribution in [-0.4, -0.2) is 65.5 Å². The summed E-state index contributed by atoms with van der Waals surface area (Å²) in [7, 11) is 0. The van der Waals surface area contributed by atoms with E-state index in [9.17, 15) is 9.59 Å². The smallest absolute Gasteiger partial charge is 0.246 e. The number of rotatable bonds is 1. The van der Waals surface area contributed by atoms with E-state index < -0.39 is 0 Å². The van der Waals surface area contributed by atoms with Crippen molar-refractivity contribution in [2.24, 2.45) is 11.8 Å². The summed E-state index contributed by atoms with van der Waals surface area (Å²) >= 11 is 1.68. The number of hydrogen-bond donors (Lipinski definition) is 1. The van der Waals surface area contributed by atoms with Crippen molar-refractivity contribution < 1.29 is 9.59 Å². The van der Waals surface area contributed by atoms with E-state index in [4.69, 9.17) is 0 Å². The SMILES string of the molecule is CC(=O)N1CSCC1C(=O)N1CC[C@@H]2CNC[C@@H]2CC1. The quantitative estimate of drug-likeness (QED) is 0.759. The van der Waals surface area contributed by atoms with Crippen LogP contribution in [0, 0.1) is 11.8 Å². The number of hydrogen-bond acceptors (Lipinski definition) is 4. The van der Waals surface area contributed by atoms with Crippen LogP contribution < -0.4 is 5.32 Å². The first kappa shape index (κ1) is 14.2. The van der Waals surface area contributed by atoms with Gasteiger partial charge in [-0.2, -0.15) is 0 Å². The molecule has 3 aliphatic rings. The summed E-state index contributed by atoms with van der Waals surface area (Å²) in [5, 5.41) is 3.45. The predicted molar refractivity (Wildman–Crippen MR) is 79.3 cm³/mol. The van der Waals surface area contributed by atoms with E-state index in [1.165, 1.54) is 0 Å². The molecular weight excluding hydrogens is 274 g/mol. The minimum absolute atomic E-state index is 0.0178. The highest BCUT2D eigenvalue weighted by Gasteiger charge is 2.38. The van der Waals surface area contributed by atoms with Gasteiger partial charge in [-0.3, -0.25) is 9.59 Å². The van der Waals surface area contributed by atoms with E-state index in [-0.39, 0.29) is 17.9 Å². The first-order valence-corrected chi connectivity index (χ1v) is 8.66. The maximum atomic E-state index is 12.7. The highest BCUT2D eigenvalue weighted by molar-refractivity contribution is 7.99. The molecule has 3 atom stereocenters. The summed E-state index contributed by atoms with van der Waals surface area (Å²) in [6.45, 7) is 5.48. The van der Waals surface area contributed by atoms with Crippen LogP contribution in [0.25, 0.3) is 0 Å². The molecule has 6 heteroatoms. The number of thioether (sulfide) groups is 1. The lowest BCUT2D eigenvalue weighted by molar-refractivity contribution is -0.142. The molecule has 0 aromatic carbocycles. The maximum absolute atomic E-state index is 12.7. The third-order valence-electron chi connectivity index (χ3n) is 4.90. The molecule has 3 fully saturated rings. The molecule has 3 saturated heterocycles. The van der Waals surface area contributed by atoms with Gasteiger partial charge in [-0.1, -0.05) is 0 Å². The van der Waals surface area contributed by atoms with Crippen LogP contribution >= 0.6 is 11.8 Å². The summed E-state index contributed by atoms with van der Waals surface area (Å²) in [6.07, 6.45) is 2.20. The number of likely N-dealkylation sites (tertiary alicyclic amines) is 1. The van der Waals surface area contributed by atoms with E-state index in [1.54, 1.807) is 23.6 Å². The molecule has 0 radical (unpaired) electrons. The number of nitrogens with one attached hydrogen (secondary N) is 1. The molecule has 0 spiro atoms. The zero-order valence-corrected chi connectivity index (χ0v) is 12.8. The van der Waals surface area contributed by atoms with Gasteiger partial charge in [-0.15, -0.1) is 11.8 Å². The summed E-state index contributed by atoms with van der Waals surface area (Å²) in [4.78, 5) is 28.0. The molecule has 3 heterocycles. The average Bonchev–Trinajstić information content (AvgIpc) is 3.04. The largest absolute Gasteiger partial charge is 0.341 e. The lowest BCUT2D eigenvalue weighted by Gasteiger charge is -2.28. The van der Waals surface area contributed by atoms with Crippen molar-refractivity contribution in [3.8, 4) is 0 Å². The summed E-state index contributed by atoms with van der Waals surface area (Å²) in [5.74, 6) is 3.06. The molecule has 0 aromatic rings. The van der Waals surface area contributed by atoms with Gasteiger partial charge in [0.15, 0.2) is 0 Å². The lowest BCUT2D eigenvalue weighted by atomic mass is 9.92. The predicted octanol–water partition coefficient (Wildman–Crippen LogP) is 0.366. The molecular formula is C14H23N3O2S. The number of carbonyl (C=O) groups excluding carboxylic acids is 2. The molecule has 3 rings (SSSR count). The summed E-state index contributed by atoms with van der Waals surface area (Å²) < 4.78 is 0. The molecule has 112 valence electrons. The average molecular weight is 297 g/mol. The number of fused-ring (bicyclic) bond motifs is 1. The summed E-state index contributed by atoms with van der Waals surface area (Å²) in [5.41, 5.74) is 0. The molecule has 0 bridgehead atoms. The third-order valence-corrected chi connectivity index (χ3v) is 5.92. The highest BCUT2D eigenvalue weighted by Crippen LogP contribution is 2.29. The number of amides is 2. The lowest BCUT2D eigenvalue weighted by Crippen LogP contribution is -2.48. The van der Waals surface area contributed by atoms with Gasteiger partial charge in [0.1, 0.15) is 6.04 Å². The normalized spacial score (nSPS) is 34.0. The van der Waals surface area contributed by atoms with Crippen molar-refractivity contribution in [2.75, 3.05) is 37.8 Å². The van der Waals surface area contributed by atoms with Crippen molar-refractivity contribution in [3.05, 3.63) is 0 Å². The van der Waals surface area contributed by atoms with E-state index >= 15 is 0 Å². The van der Waals surface area contributed by atoms with Gasteiger partial charge in [0.2, 0.25) is 11.8 Å². The fraction of sp³-hybridized carbons (Fsp3) is 0.857. The second-order valence-electron chi connectivity index (χ2n) is 6.09. The monoisotopic (exact) mass is 297 g/mol. The Morgan fingerprint density at radius 2 is 1.80 bits per heavy atom. The third kappa shape index (κ3) is 2.68. The van der Waals surface area contributed by atoms with Crippen molar-refractivity contribution in [1.29, 1.82) is 0 Å². The molecule has 0 saturated carbocycles. The molecule has 1 unspecified atom stereocenters. The molecule has 1 N–H and O–H groups in total. The molecule has 20 heavy (non-hydrogen) atoms. The molecule has 0 aromatic heterocycles. The van der Waals surface area contributed by atoms with Crippen LogP contribution in [0.1, 0.15) is 19.8 Å². The first-order valence-electron chi connectivity index (χ1n) is 7.51. The zero-order valence-electron chi connectivity index (χ0n) is 12.0. The van der Waals surface area contributed by atoms with Gasteiger partial charge in [-0.25, -0.2) is 0 Å². The van der Waals surface area contributed by atoms with Crippen LogP contribution in [0.15, 0.2) is 0 Å². The molecule has 2 amide bonds. The van der Waals surface area contributed by atoms with Crippen molar-refractivity contribution in [3.63, 3.8) is 0 Å². The van der Waals surface area contributed by atoms with E-state index in [0.717, 1.165) is 56.6 Å². The van der Waals surface area contributed by atoms with E-state index in [1.807, 2.05) is 4.90 Å². The van der Waals surface area contributed by atoms with Gasteiger partial charge in [0.25, 0.3) is 0 Å². The second kappa shape index (κ2) is 5.93. The minimum Gasteiger partial charge on any atom is -0.341 e. The number of nitrogens with zero attached hydrogens (tertiary/aromatic N) is 2. The Hall–Kier alpha value is -0.750. The van der Waals surface area contributed by atoms with Gasteiger partial charge in [0.05, 0.1) is 5.88 Å². The highest BCUT2D eigenvalue weighted by atomic mass is 32.2. The minimum atomic E-state index is -0.228. The van der Waals surface area contributed by atoms with Crippen LogP contribution in [0.3, 0.4) is 0 Å². The Morgan fingerprint density at radius 3 is 2.40 bits per heavy atom. The Balaban J connectivity index is 1.63. The van der Waals surface area contributed by atoms with Crippen LogP contribution in [0.4, 0.5) is 0 Å². The van der Waals surface area contributed by atoms with Crippen molar-refractivity contribution in [1.82, 2.24) is 15.1 Å². The van der Waals surface area contributed by atoms with E-state index in [0.29, 0.717) is 5.88 Å². The first-order chi connectivity index (χ1) is 9.66. The Labute approximate surface area is 124 Å². The fourth-order valence-corrected chi connectivity index (χ4v) is 4.82. The topological polar surface area (TPSA) is 52.7 Å². The summed E-state index contributed by atoms with van der Waals surface area (Å²) in [6, 6.07) is -0.228. The van der Waals surface area contributed by atoms with Gasteiger partial charge >= 0.3 is 0 Å². The molecule has 0 aliphatic carbocycles. The standard InChI is InChI=1S/C14H23N3O2S/c1-10(18)17-9-20-8-13(17)14(19)16-4-2-11-6-15-7-12(11)3-5-16/h11-13,15H,2-9H2,1H3/t11-,12+,13?. The van der Waals surface area contributed by atoms with Crippen LogP contribution in [0.5, 0.6) is 0 Å². The van der Waals surface area contributed by atoms with Crippen LogP contribution in [0.2, 0.25) is 0 Å².